The van der Waals surface area contributed by atoms with Crippen molar-refractivity contribution in [3.63, 3.8) is 0 Å². The predicted molar refractivity (Wildman–Crippen MR) is 98.0 cm³/mol. The molecule has 1 aliphatic rings. The summed E-state index contributed by atoms with van der Waals surface area (Å²) in [5.74, 6) is -0.327. The molecular weight excluding hydrogens is 332 g/mol. The van der Waals surface area contributed by atoms with Crippen LogP contribution in [-0.2, 0) is 24.8 Å². The van der Waals surface area contributed by atoms with Crippen molar-refractivity contribution in [1.29, 1.82) is 0 Å². The van der Waals surface area contributed by atoms with E-state index in [2.05, 4.69) is 11.7 Å². The van der Waals surface area contributed by atoms with Gasteiger partial charge in [0.25, 0.3) is 11.5 Å². The predicted octanol–water partition coefficient (Wildman–Crippen LogP) is 1.13. The summed E-state index contributed by atoms with van der Waals surface area (Å²) in [6.07, 6.45) is 3.41. The van der Waals surface area contributed by atoms with Crippen LogP contribution in [0.2, 0.25) is 0 Å². The molecule has 0 unspecified atom stereocenters. The number of rotatable bonds is 3. The Bertz CT molecular complexity index is 931. The van der Waals surface area contributed by atoms with Crippen LogP contribution in [-0.4, -0.2) is 40.1 Å². The quantitative estimate of drug-likeness (QED) is 0.776. The number of amides is 2. The maximum atomic E-state index is 12.8. The Balaban J connectivity index is 1.78. The van der Waals surface area contributed by atoms with Gasteiger partial charge in [-0.3, -0.25) is 14.4 Å². The Morgan fingerprint density at radius 1 is 1.27 bits per heavy atom. The Morgan fingerprint density at radius 3 is 2.62 bits per heavy atom. The van der Waals surface area contributed by atoms with Gasteiger partial charge in [0, 0.05) is 49.6 Å². The lowest BCUT2D eigenvalue weighted by molar-refractivity contribution is -0.113. The number of hydrogen-bond acceptors (Lipinski definition) is 4. The summed E-state index contributed by atoms with van der Waals surface area (Å²) in [5, 5.41) is 4.03. The van der Waals surface area contributed by atoms with Gasteiger partial charge in [0.1, 0.15) is 0 Å². The van der Waals surface area contributed by atoms with Gasteiger partial charge in [-0.15, -0.1) is 0 Å². The number of nitrogens with zero attached hydrogens (tertiary/aromatic N) is 4. The number of hydrogen-bond donors (Lipinski definition) is 0. The van der Waals surface area contributed by atoms with Crippen molar-refractivity contribution in [3.05, 3.63) is 70.2 Å². The van der Waals surface area contributed by atoms with Crippen LogP contribution in [0.5, 0.6) is 0 Å². The van der Waals surface area contributed by atoms with Gasteiger partial charge in [0.2, 0.25) is 5.91 Å². The van der Waals surface area contributed by atoms with Gasteiger partial charge in [-0.05, 0) is 36.8 Å². The lowest BCUT2D eigenvalue weighted by atomic mass is 10.0. The first-order valence-corrected chi connectivity index (χ1v) is 8.26. The minimum atomic E-state index is -0.217. The van der Waals surface area contributed by atoms with Crippen molar-refractivity contribution in [2.24, 2.45) is 7.05 Å². The molecule has 134 valence electrons. The fourth-order valence-corrected chi connectivity index (χ4v) is 3.00. The lowest BCUT2D eigenvalue weighted by Gasteiger charge is -2.28. The van der Waals surface area contributed by atoms with E-state index in [-0.39, 0.29) is 17.4 Å². The molecule has 0 aliphatic carbocycles. The molecule has 0 atom stereocenters. The van der Waals surface area contributed by atoms with Crippen molar-refractivity contribution < 1.29 is 9.59 Å². The molecule has 0 bridgehead atoms. The number of carbonyl (C=O) groups is 2. The Hall–Kier alpha value is -3.22. The van der Waals surface area contributed by atoms with E-state index >= 15 is 0 Å². The molecule has 1 aliphatic heterocycles. The van der Waals surface area contributed by atoms with E-state index in [1.54, 1.807) is 49.5 Å². The summed E-state index contributed by atoms with van der Waals surface area (Å²) < 4.78 is 1.32. The van der Waals surface area contributed by atoms with Crippen molar-refractivity contribution in [2.75, 3.05) is 18.5 Å². The number of aromatic nitrogens is 2. The highest BCUT2D eigenvalue weighted by molar-refractivity contribution is 6.01. The highest BCUT2D eigenvalue weighted by Gasteiger charge is 2.24. The maximum Gasteiger partial charge on any atom is 0.270 e. The molecule has 0 N–H and O–H groups in total. The normalized spacial score (nSPS) is 13.1. The number of anilines is 1. The van der Waals surface area contributed by atoms with Gasteiger partial charge < -0.3 is 9.80 Å². The minimum absolute atomic E-state index is 0.103. The molecule has 0 saturated carbocycles. The SMILES string of the molecule is C=CC(=O)N(C)c1ccc(C(=O)N2CCc3c(cnn(C)c3=O)C2)cc1. The summed E-state index contributed by atoms with van der Waals surface area (Å²) in [4.78, 5) is 39.7. The zero-order chi connectivity index (χ0) is 18.8. The van der Waals surface area contributed by atoms with Gasteiger partial charge in [0.05, 0.1) is 6.20 Å². The molecule has 0 radical (unpaired) electrons. The zero-order valence-electron chi connectivity index (χ0n) is 14.8. The summed E-state index contributed by atoms with van der Waals surface area (Å²) in [7, 11) is 3.27. The van der Waals surface area contributed by atoms with E-state index in [9.17, 15) is 14.4 Å². The summed E-state index contributed by atoms with van der Waals surface area (Å²) in [6.45, 7) is 4.32. The molecule has 1 aromatic heterocycles. The second-order valence-corrected chi connectivity index (χ2v) is 6.20. The first kappa shape index (κ1) is 17.6. The van der Waals surface area contributed by atoms with Crippen LogP contribution in [0.25, 0.3) is 0 Å². The van der Waals surface area contributed by atoms with Gasteiger partial charge in [0.15, 0.2) is 0 Å². The zero-order valence-corrected chi connectivity index (χ0v) is 14.8. The molecule has 2 heterocycles. The number of benzene rings is 1. The standard InChI is InChI=1S/C19H20N4O3/c1-4-17(24)21(2)15-7-5-13(6-8-15)18(25)23-10-9-16-14(12-23)11-20-22(3)19(16)26/h4-8,11H,1,9-10,12H2,2-3H3. The van der Waals surface area contributed by atoms with E-state index in [1.165, 1.54) is 15.7 Å². The van der Waals surface area contributed by atoms with Crippen molar-refractivity contribution in [1.82, 2.24) is 14.7 Å². The van der Waals surface area contributed by atoms with E-state index in [1.807, 2.05) is 0 Å². The van der Waals surface area contributed by atoms with Crippen LogP contribution in [0.15, 0.2) is 47.9 Å². The second kappa shape index (κ2) is 6.95. The molecule has 0 spiro atoms. The van der Waals surface area contributed by atoms with E-state index < -0.39 is 0 Å². The molecule has 3 rings (SSSR count). The third kappa shape index (κ3) is 3.15. The molecule has 7 nitrogen and oxygen atoms in total. The van der Waals surface area contributed by atoms with Crippen molar-refractivity contribution in [2.45, 2.75) is 13.0 Å². The highest BCUT2D eigenvalue weighted by atomic mass is 16.2. The topological polar surface area (TPSA) is 75.5 Å². The monoisotopic (exact) mass is 352 g/mol. The highest BCUT2D eigenvalue weighted by Crippen LogP contribution is 2.19. The number of aryl methyl sites for hydroxylation is 1. The summed E-state index contributed by atoms with van der Waals surface area (Å²) in [5.41, 5.74) is 2.64. The third-order valence-electron chi connectivity index (χ3n) is 4.61. The van der Waals surface area contributed by atoms with Gasteiger partial charge in [-0.2, -0.15) is 5.10 Å². The molecule has 0 saturated heterocycles. The third-order valence-corrected chi connectivity index (χ3v) is 4.61. The van der Waals surface area contributed by atoms with E-state index in [4.69, 9.17) is 0 Å². The molecule has 2 aromatic rings. The molecular formula is C19H20N4O3. The second-order valence-electron chi connectivity index (χ2n) is 6.20. The van der Waals surface area contributed by atoms with Crippen LogP contribution in [0, 0.1) is 0 Å². The van der Waals surface area contributed by atoms with Gasteiger partial charge in [-0.1, -0.05) is 6.58 Å². The van der Waals surface area contributed by atoms with Crippen LogP contribution in [0.1, 0.15) is 21.5 Å². The fraction of sp³-hybridized carbons (Fsp3) is 0.263. The molecule has 2 amide bonds. The summed E-state index contributed by atoms with van der Waals surface area (Å²) in [6, 6.07) is 6.85. The number of carbonyl (C=O) groups excluding carboxylic acids is 2. The molecule has 26 heavy (non-hydrogen) atoms. The summed E-state index contributed by atoms with van der Waals surface area (Å²) >= 11 is 0. The average molecular weight is 352 g/mol. The van der Waals surface area contributed by atoms with Crippen molar-refractivity contribution in [3.8, 4) is 0 Å². The smallest absolute Gasteiger partial charge is 0.270 e. The number of fused-ring (bicyclic) bond motifs is 1. The molecule has 0 fully saturated rings. The van der Waals surface area contributed by atoms with Crippen LogP contribution in [0.4, 0.5) is 5.69 Å². The van der Waals surface area contributed by atoms with Crippen LogP contribution >= 0.6 is 0 Å². The molecule has 1 aromatic carbocycles. The number of likely N-dealkylation sites (N-methyl/N-ethyl adjacent to an activating group) is 1. The first-order chi connectivity index (χ1) is 12.4. The Morgan fingerprint density at radius 2 is 1.96 bits per heavy atom. The van der Waals surface area contributed by atoms with Crippen LogP contribution < -0.4 is 10.5 Å². The maximum absolute atomic E-state index is 12.8. The molecule has 7 heteroatoms. The van der Waals surface area contributed by atoms with Crippen molar-refractivity contribution >= 4 is 17.5 Å². The van der Waals surface area contributed by atoms with E-state index in [0.717, 1.165) is 11.1 Å². The van der Waals surface area contributed by atoms with Crippen LogP contribution in [0.3, 0.4) is 0 Å². The minimum Gasteiger partial charge on any atom is -0.334 e. The first-order valence-electron chi connectivity index (χ1n) is 8.26. The fourth-order valence-electron chi connectivity index (χ4n) is 3.00. The Labute approximate surface area is 151 Å². The lowest BCUT2D eigenvalue weighted by Crippen LogP contribution is -2.39. The average Bonchev–Trinajstić information content (AvgIpc) is 2.69. The largest absolute Gasteiger partial charge is 0.334 e. The van der Waals surface area contributed by atoms with Gasteiger partial charge in [-0.25, -0.2) is 4.68 Å². The van der Waals surface area contributed by atoms with E-state index in [0.29, 0.717) is 30.8 Å². The Kier molecular flexibility index (Phi) is 4.71. The van der Waals surface area contributed by atoms with Gasteiger partial charge >= 0.3 is 0 Å².